The van der Waals surface area contributed by atoms with Crippen molar-refractivity contribution in [2.45, 2.75) is 13.8 Å². The highest BCUT2D eigenvalue weighted by atomic mass is 16.6. The SMILES string of the molecule is C/C(=N\N)c1cccc([N+](=O)[O-])c1.CC(=O)c1cccc([N+](=O)[O-])c1. The van der Waals surface area contributed by atoms with Crippen LogP contribution in [0, 0.1) is 20.2 Å². The third kappa shape index (κ3) is 5.82. The molecule has 2 aromatic rings. The van der Waals surface area contributed by atoms with Gasteiger partial charge in [-0.15, -0.1) is 0 Å². The van der Waals surface area contributed by atoms with E-state index in [1.165, 1.54) is 37.3 Å². The van der Waals surface area contributed by atoms with E-state index in [0.29, 0.717) is 16.8 Å². The summed E-state index contributed by atoms with van der Waals surface area (Å²) in [6.07, 6.45) is 0. The molecule has 130 valence electrons. The molecule has 9 heteroatoms. The number of nitro groups is 2. The molecule has 0 radical (unpaired) electrons. The van der Waals surface area contributed by atoms with Crippen molar-refractivity contribution in [3.05, 3.63) is 79.9 Å². The predicted molar refractivity (Wildman–Crippen MR) is 92.6 cm³/mol. The monoisotopic (exact) mass is 344 g/mol. The van der Waals surface area contributed by atoms with E-state index in [4.69, 9.17) is 5.84 Å². The molecule has 0 spiro atoms. The van der Waals surface area contributed by atoms with Gasteiger partial charge < -0.3 is 5.84 Å². The van der Waals surface area contributed by atoms with Gasteiger partial charge in [0.1, 0.15) is 0 Å². The molecule has 0 fully saturated rings. The molecule has 0 saturated carbocycles. The number of carbonyl (C=O) groups is 1. The molecule has 0 aliphatic rings. The van der Waals surface area contributed by atoms with E-state index in [2.05, 4.69) is 5.10 Å². The van der Waals surface area contributed by atoms with Crippen LogP contribution in [0.1, 0.15) is 29.8 Å². The van der Waals surface area contributed by atoms with Crippen molar-refractivity contribution >= 4 is 22.9 Å². The Labute approximate surface area is 143 Å². The first-order valence-electron chi connectivity index (χ1n) is 7.01. The first-order chi connectivity index (χ1) is 11.8. The second-order valence-electron chi connectivity index (χ2n) is 4.89. The minimum absolute atomic E-state index is 0.0421. The van der Waals surface area contributed by atoms with Crippen molar-refractivity contribution in [2.75, 3.05) is 0 Å². The van der Waals surface area contributed by atoms with E-state index < -0.39 is 9.85 Å². The van der Waals surface area contributed by atoms with Crippen molar-refractivity contribution < 1.29 is 14.6 Å². The Balaban J connectivity index is 0.000000251. The average molecular weight is 344 g/mol. The van der Waals surface area contributed by atoms with Gasteiger partial charge in [-0.1, -0.05) is 24.3 Å². The average Bonchev–Trinajstić information content (AvgIpc) is 2.61. The molecular weight excluding hydrogens is 328 g/mol. The molecule has 0 bridgehead atoms. The van der Waals surface area contributed by atoms with Gasteiger partial charge in [-0.3, -0.25) is 25.0 Å². The summed E-state index contributed by atoms with van der Waals surface area (Å²) in [5.41, 5.74) is 1.59. The zero-order chi connectivity index (χ0) is 19.0. The molecule has 2 N–H and O–H groups in total. The molecule has 0 amide bonds. The zero-order valence-electron chi connectivity index (χ0n) is 13.6. The maximum Gasteiger partial charge on any atom is 0.270 e. The van der Waals surface area contributed by atoms with E-state index in [1.807, 2.05) is 0 Å². The smallest absolute Gasteiger partial charge is 0.270 e. The quantitative estimate of drug-likeness (QED) is 0.297. The lowest BCUT2D eigenvalue weighted by Crippen LogP contribution is -1.99. The number of non-ortho nitro benzene ring substituents is 2. The number of ketones is 1. The summed E-state index contributed by atoms with van der Waals surface area (Å²) >= 11 is 0. The van der Waals surface area contributed by atoms with Gasteiger partial charge in [0, 0.05) is 35.4 Å². The Hall–Kier alpha value is -3.62. The molecule has 0 aliphatic carbocycles. The number of nitro benzene ring substituents is 2. The van der Waals surface area contributed by atoms with Crippen molar-refractivity contribution in [1.82, 2.24) is 0 Å². The summed E-state index contributed by atoms with van der Waals surface area (Å²) in [6.45, 7) is 3.07. The Bertz CT molecular complexity index is 804. The summed E-state index contributed by atoms with van der Waals surface area (Å²) in [6, 6.07) is 11.8. The summed E-state index contributed by atoms with van der Waals surface area (Å²) in [5.74, 6) is 4.88. The number of hydrogen-bond donors (Lipinski definition) is 1. The molecule has 2 aromatic carbocycles. The van der Waals surface area contributed by atoms with Gasteiger partial charge in [0.2, 0.25) is 0 Å². The topological polar surface area (TPSA) is 142 Å². The van der Waals surface area contributed by atoms with Crippen molar-refractivity contribution in [3.8, 4) is 0 Å². The van der Waals surface area contributed by atoms with Crippen LogP contribution in [-0.4, -0.2) is 21.3 Å². The Morgan fingerprint density at radius 1 is 0.920 bits per heavy atom. The number of nitrogens with zero attached hydrogens (tertiary/aromatic N) is 3. The molecule has 2 rings (SSSR count). The molecule has 0 saturated heterocycles. The maximum absolute atomic E-state index is 10.8. The lowest BCUT2D eigenvalue weighted by Gasteiger charge is -1.97. The fraction of sp³-hybridized carbons (Fsp3) is 0.125. The van der Waals surface area contributed by atoms with Crippen molar-refractivity contribution in [1.29, 1.82) is 0 Å². The summed E-state index contributed by atoms with van der Waals surface area (Å²) < 4.78 is 0. The number of hydrogen-bond acceptors (Lipinski definition) is 7. The van der Waals surface area contributed by atoms with Gasteiger partial charge in [0.25, 0.3) is 11.4 Å². The van der Waals surface area contributed by atoms with Crippen LogP contribution < -0.4 is 5.84 Å². The fourth-order valence-electron chi connectivity index (χ4n) is 1.76. The van der Waals surface area contributed by atoms with Crippen molar-refractivity contribution in [2.24, 2.45) is 10.9 Å². The Kier molecular flexibility index (Phi) is 6.89. The van der Waals surface area contributed by atoms with Crippen LogP contribution in [0.2, 0.25) is 0 Å². The third-order valence-corrected chi connectivity index (χ3v) is 3.13. The number of carbonyl (C=O) groups excluding carboxylic acids is 1. The minimum atomic E-state index is -0.521. The minimum Gasteiger partial charge on any atom is -0.323 e. The number of hydrazone groups is 1. The molecule has 25 heavy (non-hydrogen) atoms. The maximum atomic E-state index is 10.8. The van der Waals surface area contributed by atoms with Gasteiger partial charge in [0.05, 0.1) is 15.6 Å². The zero-order valence-corrected chi connectivity index (χ0v) is 13.6. The van der Waals surface area contributed by atoms with Crippen LogP contribution in [-0.2, 0) is 0 Å². The highest BCUT2D eigenvalue weighted by molar-refractivity contribution is 5.98. The summed E-state index contributed by atoms with van der Waals surface area (Å²) in [4.78, 5) is 30.5. The number of Topliss-reactive ketones (excluding diaryl/α,β-unsaturated/α-hetero) is 1. The second-order valence-corrected chi connectivity index (χ2v) is 4.89. The van der Waals surface area contributed by atoms with E-state index in [9.17, 15) is 25.0 Å². The van der Waals surface area contributed by atoms with Crippen LogP contribution >= 0.6 is 0 Å². The van der Waals surface area contributed by atoms with E-state index in [1.54, 1.807) is 25.1 Å². The molecular formula is C16H16N4O5. The Morgan fingerprint density at radius 2 is 1.36 bits per heavy atom. The summed E-state index contributed by atoms with van der Waals surface area (Å²) in [7, 11) is 0. The standard InChI is InChI=1S/C8H9N3O2.C8H7NO3/c1-6(10-9)7-3-2-4-8(5-7)11(12)13;1-6(10)7-3-2-4-8(5-7)9(11)12/h2-5H,9H2,1H3;2-5H,1H3/b10-6+;. The fourth-order valence-corrected chi connectivity index (χ4v) is 1.76. The molecule has 0 heterocycles. The van der Waals surface area contributed by atoms with Crippen LogP contribution in [0.15, 0.2) is 53.6 Å². The number of benzene rings is 2. The lowest BCUT2D eigenvalue weighted by atomic mass is 10.1. The van der Waals surface area contributed by atoms with E-state index in [0.717, 1.165) is 0 Å². The van der Waals surface area contributed by atoms with Crippen LogP contribution in [0.3, 0.4) is 0 Å². The van der Waals surface area contributed by atoms with Crippen LogP contribution in [0.25, 0.3) is 0 Å². The van der Waals surface area contributed by atoms with Crippen molar-refractivity contribution in [3.63, 3.8) is 0 Å². The predicted octanol–water partition coefficient (Wildman–Crippen LogP) is 3.07. The number of nitrogens with two attached hydrogens (primary N) is 1. The van der Waals surface area contributed by atoms with E-state index in [-0.39, 0.29) is 17.2 Å². The van der Waals surface area contributed by atoms with Gasteiger partial charge in [-0.2, -0.15) is 5.10 Å². The molecule has 0 aliphatic heterocycles. The first-order valence-corrected chi connectivity index (χ1v) is 7.01. The van der Waals surface area contributed by atoms with Gasteiger partial charge in [0.15, 0.2) is 5.78 Å². The third-order valence-electron chi connectivity index (χ3n) is 3.13. The highest BCUT2D eigenvalue weighted by Gasteiger charge is 2.07. The van der Waals surface area contributed by atoms with Gasteiger partial charge in [-0.05, 0) is 13.8 Å². The lowest BCUT2D eigenvalue weighted by molar-refractivity contribution is -0.385. The molecule has 0 unspecified atom stereocenters. The van der Waals surface area contributed by atoms with E-state index >= 15 is 0 Å². The second kappa shape index (κ2) is 8.87. The van der Waals surface area contributed by atoms with Crippen LogP contribution in [0.5, 0.6) is 0 Å². The highest BCUT2D eigenvalue weighted by Crippen LogP contribution is 2.14. The first kappa shape index (κ1) is 19.4. The largest absolute Gasteiger partial charge is 0.323 e. The molecule has 9 nitrogen and oxygen atoms in total. The number of rotatable bonds is 4. The normalized spacial score (nSPS) is 10.4. The van der Waals surface area contributed by atoms with Gasteiger partial charge >= 0.3 is 0 Å². The summed E-state index contributed by atoms with van der Waals surface area (Å²) in [5, 5.41) is 24.1. The van der Waals surface area contributed by atoms with Gasteiger partial charge in [-0.25, -0.2) is 0 Å². The van der Waals surface area contributed by atoms with Crippen LogP contribution in [0.4, 0.5) is 11.4 Å². The molecule has 0 aromatic heterocycles. The molecule has 0 atom stereocenters. The Morgan fingerprint density at radius 3 is 1.76 bits per heavy atom.